The van der Waals surface area contributed by atoms with Gasteiger partial charge in [-0.2, -0.15) is 0 Å². The van der Waals surface area contributed by atoms with Crippen molar-refractivity contribution in [3.63, 3.8) is 0 Å². The third-order valence-corrected chi connectivity index (χ3v) is 6.64. The van der Waals surface area contributed by atoms with Crippen molar-refractivity contribution in [1.82, 2.24) is 0 Å². The van der Waals surface area contributed by atoms with E-state index in [1.165, 1.54) is 5.57 Å². The highest BCUT2D eigenvalue weighted by molar-refractivity contribution is 6.78. The van der Waals surface area contributed by atoms with Gasteiger partial charge in [0.15, 0.2) is 0 Å². The van der Waals surface area contributed by atoms with E-state index in [4.69, 9.17) is 9.84 Å². The van der Waals surface area contributed by atoms with Crippen molar-refractivity contribution in [2.75, 3.05) is 6.61 Å². The maximum Gasteiger partial charge on any atom is 0.110 e. The first-order valence-electron chi connectivity index (χ1n) is 6.15. The Kier molecular flexibility index (Phi) is 4.03. The van der Waals surface area contributed by atoms with E-state index in [0.717, 1.165) is 12.8 Å². The van der Waals surface area contributed by atoms with Crippen molar-refractivity contribution in [2.24, 2.45) is 0 Å². The van der Waals surface area contributed by atoms with Crippen LogP contribution in [0.3, 0.4) is 0 Å². The summed E-state index contributed by atoms with van der Waals surface area (Å²) in [4.78, 5) is 0. The van der Waals surface area contributed by atoms with Crippen LogP contribution < -0.4 is 0 Å². The summed E-state index contributed by atoms with van der Waals surface area (Å²) >= 11 is 0. The van der Waals surface area contributed by atoms with Gasteiger partial charge in [-0.3, -0.25) is 0 Å². The van der Waals surface area contributed by atoms with Crippen molar-refractivity contribution in [1.29, 1.82) is 0 Å². The fraction of sp³-hybridized carbons (Fsp3) is 0.846. The standard InChI is InChI=1S/C13H26O2Si/c1-10(2)11(16(4,5)6)7-8-13(3)12(9-14)15-13/h11-12,14H,1,7-9H2,2-6H3/t11?,12-,13-/m0/s1. The van der Waals surface area contributed by atoms with Gasteiger partial charge in [0.1, 0.15) is 6.10 Å². The maximum atomic E-state index is 9.04. The van der Waals surface area contributed by atoms with Crippen LogP contribution in [0.25, 0.3) is 0 Å². The van der Waals surface area contributed by atoms with Crippen LogP contribution in [0.2, 0.25) is 25.2 Å². The molecule has 1 unspecified atom stereocenters. The van der Waals surface area contributed by atoms with E-state index >= 15 is 0 Å². The van der Waals surface area contributed by atoms with Gasteiger partial charge in [-0.05, 0) is 32.2 Å². The highest BCUT2D eigenvalue weighted by atomic mass is 28.3. The minimum absolute atomic E-state index is 0.0674. The van der Waals surface area contributed by atoms with E-state index < -0.39 is 8.07 Å². The van der Waals surface area contributed by atoms with Crippen LogP contribution >= 0.6 is 0 Å². The molecule has 1 fully saturated rings. The van der Waals surface area contributed by atoms with E-state index in [2.05, 4.69) is 40.1 Å². The number of ether oxygens (including phenoxy) is 1. The van der Waals surface area contributed by atoms with Crippen LogP contribution in [0.5, 0.6) is 0 Å². The van der Waals surface area contributed by atoms with E-state index in [-0.39, 0.29) is 18.3 Å². The molecule has 94 valence electrons. The van der Waals surface area contributed by atoms with E-state index in [1.54, 1.807) is 0 Å². The summed E-state index contributed by atoms with van der Waals surface area (Å²) in [6.07, 6.45) is 2.26. The molecule has 1 saturated heterocycles. The molecule has 3 heteroatoms. The molecule has 3 atom stereocenters. The van der Waals surface area contributed by atoms with E-state index in [9.17, 15) is 0 Å². The van der Waals surface area contributed by atoms with Crippen LogP contribution in [0.15, 0.2) is 12.2 Å². The molecule has 1 N–H and O–H groups in total. The Bertz CT molecular complexity index is 270. The summed E-state index contributed by atoms with van der Waals surface area (Å²) in [6.45, 7) is 15.7. The van der Waals surface area contributed by atoms with Gasteiger partial charge in [-0.15, -0.1) is 6.58 Å². The molecule has 0 aromatic carbocycles. The zero-order valence-electron chi connectivity index (χ0n) is 11.3. The van der Waals surface area contributed by atoms with Gasteiger partial charge in [-0.1, -0.05) is 25.2 Å². The SMILES string of the molecule is C=C(C)C(CC[C@]1(C)O[C@H]1CO)[Si](C)(C)C. The highest BCUT2D eigenvalue weighted by Crippen LogP contribution is 2.44. The normalized spacial score (nSPS) is 31.2. The Hall–Kier alpha value is -0.123. The molecular formula is C13H26O2Si. The summed E-state index contributed by atoms with van der Waals surface area (Å²) in [7, 11) is -1.17. The summed E-state index contributed by atoms with van der Waals surface area (Å²) < 4.78 is 5.53. The molecule has 1 rings (SSSR count). The first kappa shape index (κ1) is 13.9. The molecule has 0 bridgehead atoms. The molecule has 1 heterocycles. The van der Waals surface area contributed by atoms with Crippen molar-refractivity contribution < 1.29 is 9.84 Å². The molecule has 0 spiro atoms. The third kappa shape index (κ3) is 3.19. The molecule has 0 amide bonds. The van der Waals surface area contributed by atoms with Crippen LogP contribution in [0.4, 0.5) is 0 Å². The molecule has 0 saturated carbocycles. The molecular weight excluding hydrogens is 216 g/mol. The van der Waals surface area contributed by atoms with Crippen LogP contribution in [0, 0.1) is 0 Å². The Morgan fingerprint density at radius 2 is 2.06 bits per heavy atom. The van der Waals surface area contributed by atoms with Gasteiger partial charge in [-0.25, -0.2) is 0 Å². The zero-order chi connectivity index (χ0) is 12.6. The molecule has 0 aromatic heterocycles. The van der Waals surface area contributed by atoms with Gasteiger partial charge < -0.3 is 9.84 Å². The Labute approximate surface area is 101 Å². The fourth-order valence-corrected chi connectivity index (χ4v) is 5.08. The topological polar surface area (TPSA) is 32.8 Å². The second-order valence-electron chi connectivity index (χ2n) is 6.41. The van der Waals surface area contributed by atoms with E-state index in [0.29, 0.717) is 5.54 Å². The van der Waals surface area contributed by atoms with Crippen molar-refractivity contribution in [3.05, 3.63) is 12.2 Å². The Balaban J connectivity index is 2.50. The maximum absolute atomic E-state index is 9.04. The zero-order valence-corrected chi connectivity index (χ0v) is 12.3. The summed E-state index contributed by atoms with van der Waals surface area (Å²) in [5.41, 5.74) is 1.90. The predicted molar refractivity (Wildman–Crippen MR) is 71.5 cm³/mol. The number of aliphatic hydroxyl groups excluding tert-OH is 1. The lowest BCUT2D eigenvalue weighted by atomic mass is 9.98. The van der Waals surface area contributed by atoms with Crippen LogP contribution in [-0.2, 0) is 4.74 Å². The first-order chi connectivity index (χ1) is 7.20. The van der Waals surface area contributed by atoms with E-state index in [1.807, 2.05) is 0 Å². The Morgan fingerprint density at radius 1 is 1.50 bits per heavy atom. The van der Waals surface area contributed by atoms with Crippen molar-refractivity contribution in [2.45, 2.75) is 63.6 Å². The van der Waals surface area contributed by atoms with Gasteiger partial charge in [0.05, 0.1) is 20.3 Å². The first-order valence-corrected chi connectivity index (χ1v) is 9.72. The van der Waals surface area contributed by atoms with Crippen molar-refractivity contribution >= 4 is 8.07 Å². The Morgan fingerprint density at radius 3 is 2.38 bits per heavy atom. The molecule has 2 nitrogen and oxygen atoms in total. The summed E-state index contributed by atoms with van der Waals surface area (Å²) in [5.74, 6) is 0. The summed E-state index contributed by atoms with van der Waals surface area (Å²) in [5, 5.41) is 9.04. The monoisotopic (exact) mass is 242 g/mol. The quantitative estimate of drug-likeness (QED) is 0.441. The number of aliphatic hydroxyl groups is 1. The predicted octanol–water partition coefficient (Wildman–Crippen LogP) is 3.20. The lowest BCUT2D eigenvalue weighted by molar-refractivity contribution is 0.234. The second kappa shape index (κ2) is 4.63. The van der Waals surface area contributed by atoms with Gasteiger partial charge in [0, 0.05) is 0 Å². The molecule has 16 heavy (non-hydrogen) atoms. The smallest absolute Gasteiger partial charge is 0.110 e. The van der Waals surface area contributed by atoms with Gasteiger partial charge in [0.25, 0.3) is 0 Å². The molecule has 0 aliphatic carbocycles. The molecule has 0 aromatic rings. The number of allylic oxidation sites excluding steroid dienone is 1. The lowest BCUT2D eigenvalue weighted by Crippen LogP contribution is -2.30. The summed E-state index contributed by atoms with van der Waals surface area (Å²) in [6, 6.07) is 0. The molecule has 1 aliphatic rings. The minimum Gasteiger partial charge on any atom is -0.394 e. The average Bonchev–Trinajstić information content (AvgIpc) is 2.74. The number of epoxide rings is 1. The average molecular weight is 242 g/mol. The third-order valence-electron chi connectivity index (χ3n) is 3.77. The highest BCUT2D eigenvalue weighted by Gasteiger charge is 2.51. The largest absolute Gasteiger partial charge is 0.394 e. The number of rotatable bonds is 6. The lowest BCUT2D eigenvalue weighted by Gasteiger charge is -2.30. The number of hydrogen-bond acceptors (Lipinski definition) is 2. The van der Waals surface area contributed by atoms with Crippen molar-refractivity contribution in [3.8, 4) is 0 Å². The molecule has 1 aliphatic heterocycles. The van der Waals surface area contributed by atoms with Gasteiger partial charge >= 0.3 is 0 Å². The van der Waals surface area contributed by atoms with Crippen LogP contribution in [-0.4, -0.2) is 31.5 Å². The second-order valence-corrected chi connectivity index (χ2v) is 11.8. The van der Waals surface area contributed by atoms with Gasteiger partial charge in [0.2, 0.25) is 0 Å². The fourth-order valence-electron chi connectivity index (χ4n) is 2.59. The minimum atomic E-state index is -1.17. The number of hydrogen-bond donors (Lipinski definition) is 1. The molecule has 0 radical (unpaired) electrons. The van der Waals surface area contributed by atoms with Crippen LogP contribution in [0.1, 0.15) is 26.7 Å².